The smallest absolute Gasteiger partial charge is 0.161 e. The SMILES string of the molecule is CC(C)(C)c1ccn(-c2nc(C(C)(c3ccccc3)c3ccc(-c4ccccc4)c(-n4ccc(C(C)(C)C)n4)n3)ccc2-c2ccccc2)n1. The third-order valence-corrected chi connectivity index (χ3v) is 9.44. The van der Waals surface area contributed by atoms with Gasteiger partial charge in [-0.25, -0.2) is 19.3 Å². The number of benzene rings is 3. The Balaban J connectivity index is 1.47. The topological polar surface area (TPSA) is 61.4 Å². The van der Waals surface area contributed by atoms with Crippen LogP contribution in [0.25, 0.3) is 33.9 Å². The van der Waals surface area contributed by atoms with E-state index in [4.69, 9.17) is 20.2 Å². The standard InChI is InChI=1S/C44H44N6/c1-42(2,3)36-27-29-49(47-36)40-34(31-17-11-8-12-18-31)23-25-38(45-40)44(7,33-21-15-10-16-22-33)39-26-24-35(32-19-13-9-14-20-32)41(46-39)50-30-28-37(48-50)43(4,5)6/h8-30H,1-7H3. The Morgan fingerprint density at radius 1 is 0.400 bits per heavy atom. The molecule has 0 aliphatic rings. The average molecular weight is 657 g/mol. The highest BCUT2D eigenvalue weighted by atomic mass is 15.3. The van der Waals surface area contributed by atoms with E-state index in [1.165, 1.54) is 0 Å². The van der Waals surface area contributed by atoms with Crippen LogP contribution in [0.5, 0.6) is 0 Å². The molecule has 7 rings (SSSR count). The molecule has 6 nitrogen and oxygen atoms in total. The van der Waals surface area contributed by atoms with Crippen molar-refractivity contribution < 1.29 is 0 Å². The first-order valence-electron chi connectivity index (χ1n) is 17.3. The Kier molecular flexibility index (Phi) is 8.35. The van der Waals surface area contributed by atoms with Gasteiger partial charge in [0.1, 0.15) is 0 Å². The molecule has 4 aromatic heterocycles. The summed E-state index contributed by atoms with van der Waals surface area (Å²) in [5.74, 6) is 1.55. The summed E-state index contributed by atoms with van der Waals surface area (Å²) in [5.41, 5.74) is 8.08. The van der Waals surface area contributed by atoms with Gasteiger partial charge in [0.25, 0.3) is 0 Å². The number of rotatable bonds is 7. The van der Waals surface area contributed by atoms with Crippen molar-refractivity contribution in [1.29, 1.82) is 0 Å². The van der Waals surface area contributed by atoms with Gasteiger partial charge in [0.05, 0.1) is 28.2 Å². The van der Waals surface area contributed by atoms with Crippen molar-refractivity contribution in [3.8, 4) is 33.9 Å². The van der Waals surface area contributed by atoms with Gasteiger partial charge < -0.3 is 0 Å². The molecule has 0 amide bonds. The second-order valence-corrected chi connectivity index (χ2v) is 15.1. The minimum Gasteiger partial charge on any atom is -0.232 e. The van der Waals surface area contributed by atoms with Crippen LogP contribution in [0.4, 0.5) is 0 Å². The Morgan fingerprint density at radius 2 is 0.780 bits per heavy atom. The summed E-state index contributed by atoms with van der Waals surface area (Å²) in [6.07, 6.45) is 4.04. The first-order chi connectivity index (χ1) is 23.9. The molecule has 0 saturated carbocycles. The maximum absolute atomic E-state index is 5.50. The van der Waals surface area contributed by atoms with Crippen LogP contribution in [0.2, 0.25) is 0 Å². The van der Waals surface area contributed by atoms with Crippen LogP contribution in [-0.2, 0) is 16.2 Å². The van der Waals surface area contributed by atoms with Crippen molar-refractivity contribution in [2.45, 2.75) is 64.7 Å². The van der Waals surface area contributed by atoms with Gasteiger partial charge in [0.15, 0.2) is 11.6 Å². The molecular formula is C44H44N6. The van der Waals surface area contributed by atoms with Crippen LogP contribution in [-0.4, -0.2) is 29.5 Å². The number of nitrogens with zero attached hydrogens (tertiary/aromatic N) is 6. The van der Waals surface area contributed by atoms with E-state index in [-0.39, 0.29) is 10.8 Å². The molecule has 0 N–H and O–H groups in total. The number of pyridine rings is 2. The van der Waals surface area contributed by atoms with Crippen molar-refractivity contribution in [2.75, 3.05) is 0 Å². The van der Waals surface area contributed by atoms with Crippen LogP contribution in [0.15, 0.2) is 140 Å². The van der Waals surface area contributed by atoms with Crippen molar-refractivity contribution >= 4 is 0 Å². The summed E-state index contributed by atoms with van der Waals surface area (Å²) in [5, 5.41) is 10.1. The van der Waals surface area contributed by atoms with Gasteiger partial charge in [0.2, 0.25) is 0 Å². The fraction of sp³-hybridized carbons (Fsp3) is 0.227. The van der Waals surface area contributed by atoms with Crippen molar-refractivity contribution in [1.82, 2.24) is 29.5 Å². The predicted octanol–water partition coefficient (Wildman–Crippen LogP) is 10.1. The quantitative estimate of drug-likeness (QED) is 0.171. The molecule has 0 spiro atoms. The lowest BCUT2D eigenvalue weighted by atomic mass is 9.75. The van der Waals surface area contributed by atoms with Crippen molar-refractivity contribution in [2.24, 2.45) is 0 Å². The molecule has 3 aromatic carbocycles. The zero-order valence-corrected chi connectivity index (χ0v) is 30.0. The fourth-order valence-corrected chi connectivity index (χ4v) is 6.37. The molecule has 0 unspecified atom stereocenters. The zero-order chi connectivity index (χ0) is 35.1. The van der Waals surface area contributed by atoms with E-state index in [1.807, 2.05) is 40.0 Å². The maximum Gasteiger partial charge on any atom is 0.161 e. The lowest BCUT2D eigenvalue weighted by Crippen LogP contribution is -2.29. The molecule has 0 aliphatic heterocycles. The molecule has 50 heavy (non-hydrogen) atoms. The van der Waals surface area contributed by atoms with Crippen LogP contribution >= 0.6 is 0 Å². The Bertz CT molecular complexity index is 2090. The second-order valence-electron chi connectivity index (χ2n) is 15.1. The van der Waals surface area contributed by atoms with Crippen LogP contribution < -0.4 is 0 Å². The van der Waals surface area contributed by atoms with Crippen LogP contribution in [0.3, 0.4) is 0 Å². The van der Waals surface area contributed by atoms with E-state index >= 15 is 0 Å². The van der Waals surface area contributed by atoms with Gasteiger partial charge in [-0.15, -0.1) is 0 Å². The minimum atomic E-state index is -0.727. The van der Waals surface area contributed by atoms with E-state index in [1.54, 1.807) is 0 Å². The molecule has 0 bridgehead atoms. The summed E-state index contributed by atoms with van der Waals surface area (Å²) in [4.78, 5) is 11.0. The number of hydrogen-bond acceptors (Lipinski definition) is 4. The summed E-state index contributed by atoms with van der Waals surface area (Å²) >= 11 is 0. The van der Waals surface area contributed by atoms with Gasteiger partial charge in [-0.1, -0.05) is 133 Å². The number of hydrogen-bond donors (Lipinski definition) is 0. The highest BCUT2D eigenvalue weighted by Crippen LogP contribution is 2.40. The largest absolute Gasteiger partial charge is 0.232 e. The van der Waals surface area contributed by atoms with E-state index in [2.05, 4.69) is 158 Å². The monoisotopic (exact) mass is 656 g/mol. The Morgan fingerprint density at radius 3 is 1.14 bits per heavy atom. The minimum absolute atomic E-state index is 0.103. The van der Waals surface area contributed by atoms with Gasteiger partial charge >= 0.3 is 0 Å². The summed E-state index contributed by atoms with van der Waals surface area (Å²) in [6, 6.07) is 44.2. The van der Waals surface area contributed by atoms with Crippen molar-refractivity contribution in [3.05, 3.63) is 168 Å². The molecule has 0 fully saturated rings. The van der Waals surface area contributed by atoms with Crippen molar-refractivity contribution in [3.63, 3.8) is 0 Å². The van der Waals surface area contributed by atoms with E-state index < -0.39 is 5.41 Å². The fourth-order valence-electron chi connectivity index (χ4n) is 6.37. The van der Waals surface area contributed by atoms with E-state index in [0.717, 1.165) is 62.2 Å². The molecule has 6 heteroatoms. The van der Waals surface area contributed by atoms with Gasteiger partial charge in [-0.2, -0.15) is 10.2 Å². The van der Waals surface area contributed by atoms with E-state index in [0.29, 0.717) is 0 Å². The first kappa shape index (κ1) is 32.9. The highest BCUT2D eigenvalue weighted by molar-refractivity contribution is 5.73. The Labute approximate surface area is 295 Å². The zero-order valence-electron chi connectivity index (χ0n) is 30.0. The maximum atomic E-state index is 5.50. The predicted molar refractivity (Wildman–Crippen MR) is 203 cm³/mol. The summed E-state index contributed by atoms with van der Waals surface area (Å²) in [7, 11) is 0. The third-order valence-electron chi connectivity index (χ3n) is 9.44. The second kappa shape index (κ2) is 12.7. The molecule has 0 aliphatic carbocycles. The molecule has 0 saturated heterocycles. The highest BCUT2D eigenvalue weighted by Gasteiger charge is 2.36. The molecule has 4 heterocycles. The first-order valence-corrected chi connectivity index (χ1v) is 17.3. The molecule has 7 aromatic rings. The van der Waals surface area contributed by atoms with Crippen LogP contribution in [0, 0.1) is 0 Å². The normalized spacial score (nSPS) is 12.3. The molecular weight excluding hydrogens is 613 g/mol. The van der Waals surface area contributed by atoms with Gasteiger partial charge in [0, 0.05) is 34.4 Å². The Hall–Kier alpha value is -5.62. The molecule has 250 valence electrons. The summed E-state index contributed by atoms with van der Waals surface area (Å²) < 4.78 is 3.85. The van der Waals surface area contributed by atoms with Gasteiger partial charge in [-0.05, 0) is 60.0 Å². The molecule has 0 atom stereocenters. The average Bonchev–Trinajstić information content (AvgIpc) is 3.84. The lowest BCUT2D eigenvalue weighted by Gasteiger charge is -2.31. The van der Waals surface area contributed by atoms with E-state index in [9.17, 15) is 0 Å². The van der Waals surface area contributed by atoms with Crippen LogP contribution in [0.1, 0.15) is 76.8 Å². The lowest BCUT2D eigenvalue weighted by molar-refractivity contribution is 0.558. The third kappa shape index (κ3) is 6.18. The number of aromatic nitrogens is 6. The summed E-state index contributed by atoms with van der Waals surface area (Å²) in [6.45, 7) is 15.3. The van der Waals surface area contributed by atoms with Gasteiger partial charge in [-0.3, -0.25) is 0 Å². The molecule has 0 radical (unpaired) electrons.